The first-order chi connectivity index (χ1) is 8.38. The number of hydrogen-bond donors (Lipinski definition) is 1. The van der Waals surface area contributed by atoms with Crippen molar-refractivity contribution in [2.45, 2.75) is 20.8 Å². The van der Waals surface area contributed by atoms with Crippen molar-refractivity contribution in [2.75, 3.05) is 12.4 Å². The Hall–Kier alpha value is -1.21. The number of nitriles is 1. The van der Waals surface area contributed by atoms with E-state index in [1.54, 1.807) is 12.1 Å². The van der Waals surface area contributed by atoms with Gasteiger partial charge in [0.05, 0.1) is 12.2 Å². The van der Waals surface area contributed by atoms with E-state index < -0.39 is 5.82 Å². The molecular weight excluding hydrogens is 249 g/mol. The average molecular weight is 267 g/mol. The molecule has 0 amide bonds. The van der Waals surface area contributed by atoms with Gasteiger partial charge in [0.25, 0.3) is 0 Å². The normalized spacial score (nSPS) is 12.9. The van der Waals surface area contributed by atoms with Crippen molar-refractivity contribution in [3.05, 3.63) is 29.6 Å². The van der Waals surface area contributed by atoms with Gasteiger partial charge in [0.1, 0.15) is 17.6 Å². The lowest BCUT2D eigenvalue weighted by molar-refractivity contribution is 0.165. The van der Waals surface area contributed by atoms with E-state index in [-0.39, 0.29) is 16.9 Å². The summed E-state index contributed by atoms with van der Waals surface area (Å²) in [5.74, 6) is 0.887. The number of ether oxygens (including phenoxy) is 1. The van der Waals surface area contributed by atoms with Crippen LogP contribution in [-0.4, -0.2) is 12.4 Å². The highest BCUT2D eigenvalue weighted by molar-refractivity contribution is 7.80. The molecule has 0 radical (unpaired) electrons. The Kier molecular flexibility index (Phi) is 5.03. The molecule has 0 aliphatic rings. The van der Waals surface area contributed by atoms with Gasteiger partial charge in [-0.15, -0.1) is 0 Å². The quantitative estimate of drug-likeness (QED) is 0.844. The second-order valence-electron chi connectivity index (χ2n) is 5.31. The molecule has 0 bridgehead atoms. The molecule has 0 spiro atoms. The van der Waals surface area contributed by atoms with E-state index in [0.717, 1.165) is 0 Å². The van der Waals surface area contributed by atoms with Crippen molar-refractivity contribution in [2.24, 2.45) is 11.3 Å². The Morgan fingerprint density at radius 3 is 2.56 bits per heavy atom. The molecule has 0 saturated carbocycles. The van der Waals surface area contributed by atoms with E-state index in [9.17, 15) is 4.39 Å². The monoisotopic (exact) mass is 267 g/mol. The predicted octanol–water partition coefficient (Wildman–Crippen LogP) is 3.67. The lowest BCUT2D eigenvalue weighted by atomic mass is 9.82. The fourth-order valence-corrected chi connectivity index (χ4v) is 2.10. The first kappa shape index (κ1) is 14.8. The summed E-state index contributed by atoms with van der Waals surface area (Å²) < 4.78 is 18.9. The number of nitrogens with zero attached hydrogens (tertiary/aromatic N) is 1. The van der Waals surface area contributed by atoms with Crippen LogP contribution in [0.2, 0.25) is 0 Å². The third kappa shape index (κ3) is 3.92. The maximum Gasteiger partial charge on any atom is 0.144 e. The first-order valence-electron chi connectivity index (χ1n) is 5.81. The zero-order valence-electron chi connectivity index (χ0n) is 10.9. The van der Waals surface area contributed by atoms with E-state index in [1.807, 2.05) is 0 Å². The Morgan fingerprint density at radius 2 is 2.11 bits per heavy atom. The van der Waals surface area contributed by atoms with Gasteiger partial charge < -0.3 is 4.74 Å². The minimum Gasteiger partial charge on any atom is -0.493 e. The highest BCUT2D eigenvalue weighted by Gasteiger charge is 2.24. The summed E-state index contributed by atoms with van der Waals surface area (Å²) >= 11 is 4.31. The van der Waals surface area contributed by atoms with Crippen molar-refractivity contribution < 1.29 is 9.13 Å². The van der Waals surface area contributed by atoms with Crippen LogP contribution in [0.25, 0.3) is 0 Å². The number of thiol groups is 1. The average Bonchev–Trinajstić information content (AvgIpc) is 2.28. The van der Waals surface area contributed by atoms with Gasteiger partial charge in [-0.05, 0) is 23.3 Å². The topological polar surface area (TPSA) is 33.0 Å². The van der Waals surface area contributed by atoms with Crippen molar-refractivity contribution in [1.82, 2.24) is 0 Å². The molecule has 1 aromatic carbocycles. The minimum atomic E-state index is -0.548. The fraction of sp³-hybridized carbons (Fsp3) is 0.500. The van der Waals surface area contributed by atoms with Gasteiger partial charge in [0.2, 0.25) is 0 Å². The van der Waals surface area contributed by atoms with Crippen molar-refractivity contribution in [3.8, 4) is 11.8 Å². The molecule has 0 heterocycles. The molecule has 0 saturated heterocycles. The van der Waals surface area contributed by atoms with Gasteiger partial charge in [-0.3, -0.25) is 0 Å². The Morgan fingerprint density at radius 1 is 1.44 bits per heavy atom. The third-order valence-electron chi connectivity index (χ3n) is 2.96. The number of benzene rings is 1. The van der Waals surface area contributed by atoms with Gasteiger partial charge >= 0.3 is 0 Å². The van der Waals surface area contributed by atoms with Crippen LogP contribution in [0.5, 0.6) is 5.75 Å². The molecule has 1 aromatic rings. The smallest absolute Gasteiger partial charge is 0.144 e. The highest BCUT2D eigenvalue weighted by Crippen LogP contribution is 2.28. The molecule has 1 rings (SSSR count). The predicted molar refractivity (Wildman–Crippen MR) is 73.4 cm³/mol. The SMILES string of the molecule is CC(C)(C)C(CS)COc1ccc(C#N)c(F)c1. The summed E-state index contributed by atoms with van der Waals surface area (Å²) in [5.41, 5.74) is 0.122. The van der Waals surface area contributed by atoms with E-state index in [4.69, 9.17) is 10.00 Å². The minimum absolute atomic E-state index is 0.0314. The Balaban J connectivity index is 2.69. The Bertz CT molecular complexity index is 448. The van der Waals surface area contributed by atoms with Crippen LogP contribution in [0.1, 0.15) is 26.3 Å². The summed E-state index contributed by atoms with van der Waals surface area (Å²) in [6.45, 7) is 6.85. The molecule has 1 atom stereocenters. The van der Waals surface area contributed by atoms with Gasteiger partial charge in [0, 0.05) is 12.0 Å². The molecule has 18 heavy (non-hydrogen) atoms. The highest BCUT2D eigenvalue weighted by atomic mass is 32.1. The number of hydrogen-bond acceptors (Lipinski definition) is 3. The van der Waals surface area contributed by atoms with Gasteiger partial charge in [0.15, 0.2) is 0 Å². The molecular formula is C14H18FNOS. The second kappa shape index (κ2) is 6.10. The van der Waals surface area contributed by atoms with Crippen LogP contribution < -0.4 is 4.74 Å². The zero-order chi connectivity index (χ0) is 13.8. The van der Waals surface area contributed by atoms with Crippen molar-refractivity contribution >= 4 is 12.6 Å². The molecule has 0 N–H and O–H groups in total. The molecule has 0 aliphatic heterocycles. The van der Waals surface area contributed by atoms with Crippen LogP contribution in [0.4, 0.5) is 4.39 Å². The molecule has 0 aromatic heterocycles. The maximum absolute atomic E-state index is 13.4. The summed E-state index contributed by atoms with van der Waals surface area (Å²) in [5, 5.41) is 8.63. The van der Waals surface area contributed by atoms with Crippen LogP contribution in [0.3, 0.4) is 0 Å². The van der Waals surface area contributed by atoms with Crippen LogP contribution in [0.15, 0.2) is 18.2 Å². The van der Waals surface area contributed by atoms with Gasteiger partial charge in [-0.25, -0.2) is 4.39 Å². The molecule has 2 nitrogen and oxygen atoms in total. The summed E-state index contributed by atoms with van der Waals surface area (Å²) in [6.07, 6.45) is 0. The zero-order valence-corrected chi connectivity index (χ0v) is 11.8. The van der Waals surface area contributed by atoms with E-state index in [2.05, 4.69) is 33.4 Å². The summed E-state index contributed by atoms with van der Waals surface area (Å²) in [7, 11) is 0. The van der Waals surface area contributed by atoms with Crippen molar-refractivity contribution in [1.29, 1.82) is 5.26 Å². The van der Waals surface area contributed by atoms with Gasteiger partial charge in [-0.2, -0.15) is 17.9 Å². The van der Waals surface area contributed by atoms with Crippen molar-refractivity contribution in [3.63, 3.8) is 0 Å². The Labute approximate surface area is 113 Å². The molecule has 0 fully saturated rings. The van der Waals surface area contributed by atoms with Crippen LogP contribution >= 0.6 is 12.6 Å². The van der Waals surface area contributed by atoms with E-state index in [1.165, 1.54) is 12.1 Å². The molecule has 4 heteroatoms. The number of halogens is 1. The lowest BCUT2D eigenvalue weighted by Gasteiger charge is -2.29. The third-order valence-corrected chi connectivity index (χ3v) is 3.40. The second-order valence-corrected chi connectivity index (χ2v) is 5.68. The number of rotatable bonds is 4. The molecule has 0 aliphatic carbocycles. The maximum atomic E-state index is 13.4. The molecule has 98 valence electrons. The lowest BCUT2D eigenvalue weighted by Crippen LogP contribution is -2.28. The van der Waals surface area contributed by atoms with Crippen LogP contribution in [0, 0.1) is 28.5 Å². The fourth-order valence-electron chi connectivity index (χ4n) is 1.45. The standard InChI is InChI=1S/C14H18FNOS/c1-14(2,3)11(9-18)8-17-12-5-4-10(7-16)13(15)6-12/h4-6,11,18H,8-9H2,1-3H3. The summed E-state index contributed by atoms with van der Waals surface area (Å²) in [4.78, 5) is 0. The van der Waals surface area contributed by atoms with Crippen LogP contribution in [-0.2, 0) is 0 Å². The molecule has 1 unspecified atom stereocenters. The largest absolute Gasteiger partial charge is 0.493 e. The van der Waals surface area contributed by atoms with E-state index in [0.29, 0.717) is 18.1 Å². The summed E-state index contributed by atoms with van der Waals surface area (Å²) in [6, 6.07) is 6.07. The first-order valence-corrected chi connectivity index (χ1v) is 6.45. The van der Waals surface area contributed by atoms with E-state index >= 15 is 0 Å². The van der Waals surface area contributed by atoms with Gasteiger partial charge in [-0.1, -0.05) is 20.8 Å².